The number of benzene rings is 1. The summed E-state index contributed by atoms with van der Waals surface area (Å²) in [4.78, 5) is 30.7. The Hall–Kier alpha value is -1.92. The van der Waals surface area contributed by atoms with Gasteiger partial charge in [-0.25, -0.2) is 0 Å². The summed E-state index contributed by atoms with van der Waals surface area (Å²) >= 11 is 0. The van der Waals surface area contributed by atoms with Gasteiger partial charge < -0.3 is 15.5 Å². The Morgan fingerprint density at radius 3 is 2.63 bits per heavy atom. The molecule has 27 heavy (non-hydrogen) atoms. The van der Waals surface area contributed by atoms with Crippen LogP contribution < -0.4 is 5.73 Å². The number of carbonyl (C=O) groups excluding carboxylic acids is 2. The Morgan fingerprint density at radius 2 is 1.93 bits per heavy atom. The fourth-order valence-electron chi connectivity index (χ4n) is 4.29. The number of primary amides is 1. The molecule has 2 aliphatic rings. The SMILES string of the molecule is CN1CCC(N(C)CC(=O)N2CCC(Cc3cccc(C(N)=O)c3)C2)CC1. The first-order valence-electron chi connectivity index (χ1n) is 9.97. The zero-order valence-corrected chi connectivity index (χ0v) is 16.6. The first kappa shape index (κ1) is 19.8. The molecule has 2 N–H and O–H groups in total. The van der Waals surface area contributed by atoms with Gasteiger partial charge in [0.25, 0.3) is 0 Å². The molecule has 0 bridgehead atoms. The van der Waals surface area contributed by atoms with Gasteiger partial charge in [0.05, 0.1) is 6.54 Å². The molecule has 0 aromatic heterocycles. The summed E-state index contributed by atoms with van der Waals surface area (Å²) < 4.78 is 0. The van der Waals surface area contributed by atoms with Gasteiger partial charge in [-0.15, -0.1) is 0 Å². The van der Waals surface area contributed by atoms with E-state index in [1.807, 2.05) is 23.1 Å². The lowest BCUT2D eigenvalue weighted by atomic mass is 9.97. The Bertz CT molecular complexity index is 670. The Balaban J connectivity index is 1.48. The van der Waals surface area contributed by atoms with E-state index in [1.165, 1.54) is 0 Å². The van der Waals surface area contributed by atoms with Crippen LogP contribution in [-0.4, -0.2) is 79.4 Å². The van der Waals surface area contributed by atoms with Crippen LogP contribution in [0.2, 0.25) is 0 Å². The van der Waals surface area contributed by atoms with Crippen molar-refractivity contribution < 1.29 is 9.59 Å². The van der Waals surface area contributed by atoms with E-state index < -0.39 is 5.91 Å². The maximum Gasteiger partial charge on any atom is 0.248 e. The second kappa shape index (κ2) is 8.85. The fraction of sp³-hybridized carbons (Fsp3) is 0.619. The van der Waals surface area contributed by atoms with Crippen molar-refractivity contribution in [1.29, 1.82) is 0 Å². The van der Waals surface area contributed by atoms with Crippen molar-refractivity contribution in [2.24, 2.45) is 11.7 Å². The average molecular weight is 373 g/mol. The molecule has 2 saturated heterocycles. The number of nitrogens with zero attached hydrogens (tertiary/aromatic N) is 3. The van der Waals surface area contributed by atoms with Crippen LogP contribution in [0.25, 0.3) is 0 Å². The highest BCUT2D eigenvalue weighted by atomic mass is 16.2. The van der Waals surface area contributed by atoms with Crippen LogP contribution >= 0.6 is 0 Å². The van der Waals surface area contributed by atoms with Crippen molar-refractivity contribution in [2.75, 3.05) is 46.8 Å². The molecule has 2 heterocycles. The van der Waals surface area contributed by atoms with E-state index in [0.717, 1.165) is 57.4 Å². The molecule has 2 aliphatic heterocycles. The first-order chi connectivity index (χ1) is 12.9. The van der Waals surface area contributed by atoms with Crippen LogP contribution in [-0.2, 0) is 11.2 Å². The van der Waals surface area contributed by atoms with Gasteiger partial charge in [0.1, 0.15) is 0 Å². The third-order valence-electron chi connectivity index (χ3n) is 6.07. The van der Waals surface area contributed by atoms with Gasteiger partial charge in [0.15, 0.2) is 0 Å². The zero-order valence-electron chi connectivity index (χ0n) is 16.6. The van der Waals surface area contributed by atoms with Gasteiger partial charge in [-0.3, -0.25) is 14.5 Å². The number of nitrogens with two attached hydrogens (primary N) is 1. The highest BCUT2D eigenvalue weighted by Crippen LogP contribution is 2.22. The van der Waals surface area contributed by atoms with Crippen LogP contribution in [0.1, 0.15) is 35.2 Å². The molecule has 2 amide bonds. The largest absolute Gasteiger partial charge is 0.366 e. The molecule has 0 radical (unpaired) electrons. The zero-order chi connectivity index (χ0) is 19.4. The first-order valence-corrected chi connectivity index (χ1v) is 9.97. The maximum absolute atomic E-state index is 12.7. The van der Waals surface area contributed by atoms with Gasteiger partial charge >= 0.3 is 0 Å². The smallest absolute Gasteiger partial charge is 0.248 e. The quantitative estimate of drug-likeness (QED) is 0.815. The van der Waals surface area contributed by atoms with Crippen molar-refractivity contribution in [3.63, 3.8) is 0 Å². The summed E-state index contributed by atoms with van der Waals surface area (Å²) in [5.41, 5.74) is 7.04. The summed E-state index contributed by atoms with van der Waals surface area (Å²) in [6.45, 7) is 4.37. The van der Waals surface area contributed by atoms with Crippen LogP contribution in [0.5, 0.6) is 0 Å². The number of amides is 2. The lowest BCUT2D eigenvalue weighted by molar-refractivity contribution is -0.131. The summed E-state index contributed by atoms with van der Waals surface area (Å²) in [5.74, 6) is 0.299. The standard InChI is InChI=1S/C21H32N4O2/c1-23-9-7-19(8-10-23)24(2)15-20(26)25-11-6-17(14-25)12-16-4-3-5-18(13-16)21(22)27/h3-5,13,17,19H,6-12,14-15H2,1-2H3,(H2,22,27). The minimum absolute atomic E-state index is 0.241. The highest BCUT2D eigenvalue weighted by Gasteiger charge is 2.29. The maximum atomic E-state index is 12.7. The molecule has 3 rings (SSSR count). The molecular weight excluding hydrogens is 340 g/mol. The molecule has 148 valence electrons. The molecular formula is C21H32N4O2. The molecule has 1 unspecified atom stereocenters. The summed E-state index contributed by atoms with van der Waals surface area (Å²) in [6.07, 6.45) is 4.18. The van der Waals surface area contributed by atoms with E-state index in [1.54, 1.807) is 6.07 Å². The van der Waals surface area contributed by atoms with Gasteiger partial charge in [-0.05, 0) is 76.5 Å². The average Bonchev–Trinajstić information content (AvgIpc) is 3.11. The van der Waals surface area contributed by atoms with Gasteiger partial charge in [-0.2, -0.15) is 0 Å². The van der Waals surface area contributed by atoms with Crippen molar-refractivity contribution in [3.8, 4) is 0 Å². The van der Waals surface area contributed by atoms with Crippen LogP contribution in [0.4, 0.5) is 0 Å². The van der Waals surface area contributed by atoms with Crippen LogP contribution in [0.15, 0.2) is 24.3 Å². The third kappa shape index (κ3) is 5.30. The van der Waals surface area contributed by atoms with E-state index >= 15 is 0 Å². The Morgan fingerprint density at radius 1 is 1.19 bits per heavy atom. The summed E-state index contributed by atoms with van der Waals surface area (Å²) in [7, 11) is 4.24. The topological polar surface area (TPSA) is 69.9 Å². The molecule has 0 saturated carbocycles. The summed E-state index contributed by atoms with van der Waals surface area (Å²) in [5, 5.41) is 0. The highest BCUT2D eigenvalue weighted by molar-refractivity contribution is 5.92. The van der Waals surface area contributed by atoms with E-state index in [-0.39, 0.29) is 5.91 Å². The van der Waals surface area contributed by atoms with Crippen molar-refractivity contribution >= 4 is 11.8 Å². The second-order valence-corrected chi connectivity index (χ2v) is 8.21. The Kier molecular flexibility index (Phi) is 6.50. The normalized spacial score (nSPS) is 21.7. The molecule has 6 heteroatoms. The van der Waals surface area contributed by atoms with Crippen LogP contribution in [0.3, 0.4) is 0 Å². The molecule has 0 aliphatic carbocycles. The van der Waals surface area contributed by atoms with E-state index in [9.17, 15) is 9.59 Å². The van der Waals surface area contributed by atoms with Crippen molar-refractivity contribution in [1.82, 2.24) is 14.7 Å². The minimum atomic E-state index is -0.392. The molecule has 1 aromatic rings. The van der Waals surface area contributed by atoms with E-state index in [2.05, 4.69) is 23.9 Å². The van der Waals surface area contributed by atoms with E-state index in [4.69, 9.17) is 5.73 Å². The third-order valence-corrected chi connectivity index (χ3v) is 6.07. The predicted molar refractivity (Wildman–Crippen MR) is 106 cm³/mol. The van der Waals surface area contributed by atoms with Gasteiger partial charge in [0, 0.05) is 24.7 Å². The lowest BCUT2D eigenvalue weighted by Crippen LogP contribution is -2.46. The summed E-state index contributed by atoms with van der Waals surface area (Å²) in [6, 6.07) is 8.05. The Labute approximate surface area is 162 Å². The number of piperidine rings is 1. The number of likely N-dealkylation sites (N-methyl/N-ethyl adjacent to an activating group) is 1. The van der Waals surface area contributed by atoms with Crippen molar-refractivity contribution in [3.05, 3.63) is 35.4 Å². The monoisotopic (exact) mass is 372 g/mol. The molecule has 0 spiro atoms. The number of hydrogen-bond donors (Lipinski definition) is 1. The molecule has 1 aromatic carbocycles. The number of carbonyl (C=O) groups is 2. The van der Waals surface area contributed by atoms with Gasteiger partial charge in [0.2, 0.25) is 11.8 Å². The molecule has 1 atom stereocenters. The minimum Gasteiger partial charge on any atom is -0.366 e. The number of likely N-dealkylation sites (tertiary alicyclic amines) is 2. The van der Waals surface area contributed by atoms with E-state index in [0.29, 0.717) is 24.1 Å². The number of rotatable bonds is 6. The van der Waals surface area contributed by atoms with Crippen LogP contribution in [0, 0.1) is 5.92 Å². The predicted octanol–water partition coefficient (Wildman–Crippen LogP) is 1.20. The van der Waals surface area contributed by atoms with Crippen molar-refractivity contribution in [2.45, 2.75) is 31.7 Å². The van der Waals surface area contributed by atoms with Gasteiger partial charge in [-0.1, -0.05) is 12.1 Å². The molecule has 6 nitrogen and oxygen atoms in total. The second-order valence-electron chi connectivity index (χ2n) is 8.21. The number of hydrogen-bond acceptors (Lipinski definition) is 4. The lowest BCUT2D eigenvalue weighted by Gasteiger charge is -2.35. The molecule has 2 fully saturated rings. The fourth-order valence-corrected chi connectivity index (χ4v) is 4.29.